The highest BCUT2D eigenvalue weighted by atomic mass is 16.5. The molecule has 2 aromatic carbocycles. The largest absolute Gasteiger partial charge is 0.507 e. The Morgan fingerprint density at radius 1 is 1.09 bits per heavy atom. The van der Waals surface area contributed by atoms with E-state index in [0.717, 1.165) is 5.56 Å². The van der Waals surface area contributed by atoms with Crippen LogP contribution in [0.2, 0.25) is 0 Å². The third kappa shape index (κ3) is 4.35. The second-order valence-electron chi connectivity index (χ2n) is 8.30. The van der Waals surface area contributed by atoms with Crippen molar-refractivity contribution < 1.29 is 19.4 Å². The topological polar surface area (TPSA) is 79.7 Å². The number of nitrogens with zero attached hydrogens (tertiary/aromatic N) is 2. The van der Waals surface area contributed by atoms with Crippen LogP contribution in [-0.4, -0.2) is 28.4 Å². The number of amides is 1. The Kier molecular flexibility index (Phi) is 6.59. The maximum atomic E-state index is 13.2. The second kappa shape index (κ2) is 9.75. The van der Waals surface area contributed by atoms with Crippen LogP contribution in [0, 0.1) is 0 Å². The first-order chi connectivity index (χ1) is 16.4. The minimum Gasteiger partial charge on any atom is -0.507 e. The number of carbonyl (C=O) groups excluding carboxylic acids is 2. The zero-order chi connectivity index (χ0) is 24.2. The van der Waals surface area contributed by atoms with E-state index in [0.29, 0.717) is 35.2 Å². The Bertz CT molecular complexity index is 1230. The molecule has 2 heterocycles. The average molecular weight is 455 g/mol. The number of aliphatic hydroxyl groups is 1. The molecule has 3 aromatic rings. The van der Waals surface area contributed by atoms with Crippen molar-refractivity contribution in [3.8, 4) is 5.75 Å². The summed E-state index contributed by atoms with van der Waals surface area (Å²) in [5.41, 5.74) is 2.27. The van der Waals surface area contributed by atoms with Crippen molar-refractivity contribution in [3.63, 3.8) is 0 Å². The van der Waals surface area contributed by atoms with Gasteiger partial charge in [0.05, 0.1) is 11.6 Å². The second-order valence-corrected chi connectivity index (χ2v) is 8.30. The lowest BCUT2D eigenvalue weighted by Crippen LogP contribution is -2.30. The van der Waals surface area contributed by atoms with Crippen LogP contribution in [-0.2, 0) is 9.59 Å². The molecule has 1 aliphatic rings. The van der Waals surface area contributed by atoms with Crippen molar-refractivity contribution in [3.05, 3.63) is 108 Å². The van der Waals surface area contributed by atoms with Crippen LogP contribution in [0.5, 0.6) is 5.75 Å². The van der Waals surface area contributed by atoms with Crippen LogP contribution in [0.4, 0.5) is 5.82 Å². The lowest BCUT2D eigenvalue weighted by atomic mass is 9.93. The highest BCUT2D eigenvalue weighted by molar-refractivity contribution is 6.51. The highest BCUT2D eigenvalue weighted by Gasteiger charge is 2.47. The molecule has 172 valence electrons. The van der Waals surface area contributed by atoms with Gasteiger partial charge in [-0.3, -0.25) is 14.5 Å². The summed E-state index contributed by atoms with van der Waals surface area (Å²) in [6, 6.07) is 18.8. The summed E-state index contributed by atoms with van der Waals surface area (Å²) >= 11 is 0. The normalized spacial score (nSPS) is 17.3. The molecule has 1 aromatic heterocycles. The first-order valence-corrected chi connectivity index (χ1v) is 11.1. The van der Waals surface area contributed by atoms with Gasteiger partial charge in [0.25, 0.3) is 5.78 Å². The zero-order valence-electron chi connectivity index (χ0n) is 19.1. The van der Waals surface area contributed by atoms with E-state index in [-0.39, 0.29) is 11.3 Å². The van der Waals surface area contributed by atoms with Crippen molar-refractivity contribution in [1.82, 2.24) is 4.98 Å². The van der Waals surface area contributed by atoms with Gasteiger partial charge in [0, 0.05) is 11.8 Å². The van der Waals surface area contributed by atoms with Crippen LogP contribution in [0.15, 0.2) is 91.2 Å². The Labute approximate surface area is 198 Å². The van der Waals surface area contributed by atoms with Gasteiger partial charge in [-0.1, -0.05) is 56.8 Å². The van der Waals surface area contributed by atoms with Gasteiger partial charge in [-0.25, -0.2) is 4.98 Å². The van der Waals surface area contributed by atoms with E-state index in [1.807, 2.05) is 24.3 Å². The first kappa shape index (κ1) is 23.0. The van der Waals surface area contributed by atoms with E-state index >= 15 is 0 Å². The summed E-state index contributed by atoms with van der Waals surface area (Å²) < 4.78 is 5.50. The van der Waals surface area contributed by atoms with E-state index in [2.05, 4.69) is 25.4 Å². The maximum absolute atomic E-state index is 13.2. The van der Waals surface area contributed by atoms with E-state index in [1.54, 1.807) is 54.7 Å². The Morgan fingerprint density at radius 2 is 1.79 bits per heavy atom. The van der Waals surface area contributed by atoms with Gasteiger partial charge in [0.2, 0.25) is 0 Å². The molecule has 1 aliphatic heterocycles. The molecular formula is C28H26N2O4. The molecule has 34 heavy (non-hydrogen) atoms. The highest BCUT2D eigenvalue weighted by Crippen LogP contribution is 2.41. The molecule has 1 N–H and O–H groups in total. The number of hydrogen-bond donors (Lipinski definition) is 1. The number of carbonyl (C=O) groups is 2. The molecule has 0 saturated carbocycles. The number of ether oxygens (including phenoxy) is 1. The molecule has 1 saturated heterocycles. The van der Waals surface area contributed by atoms with Gasteiger partial charge in [0.15, 0.2) is 0 Å². The van der Waals surface area contributed by atoms with Crippen molar-refractivity contribution in [2.24, 2.45) is 0 Å². The molecular weight excluding hydrogens is 428 g/mol. The van der Waals surface area contributed by atoms with Crippen LogP contribution >= 0.6 is 0 Å². The van der Waals surface area contributed by atoms with Gasteiger partial charge in [-0.2, -0.15) is 0 Å². The van der Waals surface area contributed by atoms with Gasteiger partial charge >= 0.3 is 5.91 Å². The molecule has 4 rings (SSSR count). The monoisotopic (exact) mass is 454 g/mol. The molecule has 1 amide bonds. The minimum absolute atomic E-state index is 0.0210. The fraction of sp³-hybridized carbons (Fsp3) is 0.179. The lowest BCUT2D eigenvalue weighted by Gasteiger charge is -2.24. The van der Waals surface area contributed by atoms with Gasteiger partial charge < -0.3 is 9.84 Å². The average Bonchev–Trinajstić information content (AvgIpc) is 3.13. The SMILES string of the molecule is C=CCOc1ccc(/C(O)=C2\C(=O)C(=O)N(c3ccccn3)[C@@H]2c2ccc(C(C)C)cc2)cc1. The summed E-state index contributed by atoms with van der Waals surface area (Å²) in [6.07, 6.45) is 3.20. The summed E-state index contributed by atoms with van der Waals surface area (Å²) in [5.74, 6) is -0.457. The summed E-state index contributed by atoms with van der Waals surface area (Å²) in [5, 5.41) is 11.2. The zero-order valence-corrected chi connectivity index (χ0v) is 19.1. The molecule has 0 radical (unpaired) electrons. The number of rotatable bonds is 7. The number of aliphatic hydroxyl groups excluding tert-OH is 1. The van der Waals surface area contributed by atoms with Crippen LogP contribution in [0.1, 0.15) is 42.5 Å². The standard InChI is InChI=1S/C28H26N2O4/c1-4-17-34-22-14-12-21(13-15-22)26(31)24-25(20-10-8-19(9-11-20)18(2)3)30(28(33)27(24)32)23-7-5-6-16-29-23/h4-16,18,25,31H,1,17H2,2-3H3/b26-24+/t25-/m1/s1. The number of hydrogen-bond acceptors (Lipinski definition) is 5. The fourth-order valence-electron chi connectivity index (χ4n) is 3.96. The maximum Gasteiger partial charge on any atom is 0.301 e. The lowest BCUT2D eigenvalue weighted by molar-refractivity contribution is -0.132. The van der Waals surface area contributed by atoms with Crippen molar-refractivity contribution in [1.29, 1.82) is 0 Å². The van der Waals surface area contributed by atoms with Gasteiger partial charge in [-0.15, -0.1) is 0 Å². The minimum atomic E-state index is -0.812. The summed E-state index contributed by atoms with van der Waals surface area (Å²) in [7, 11) is 0. The van der Waals surface area contributed by atoms with Crippen LogP contribution in [0.25, 0.3) is 5.76 Å². The fourth-order valence-corrected chi connectivity index (χ4v) is 3.96. The van der Waals surface area contributed by atoms with Gasteiger partial charge in [0.1, 0.15) is 23.9 Å². The molecule has 0 bridgehead atoms. The molecule has 0 spiro atoms. The predicted molar refractivity (Wildman–Crippen MR) is 132 cm³/mol. The molecule has 6 heteroatoms. The quantitative estimate of drug-likeness (QED) is 0.224. The number of anilines is 1. The number of pyridine rings is 1. The molecule has 6 nitrogen and oxygen atoms in total. The number of ketones is 1. The predicted octanol–water partition coefficient (Wildman–Crippen LogP) is 5.40. The third-order valence-corrected chi connectivity index (χ3v) is 5.76. The van der Waals surface area contributed by atoms with E-state index in [1.165, 1.54) is 4.90 Å². The Balaban J connectivity index is 1.84. The van der Waals surface area contributed by atoms with Gasteiger partial charge in [-0.05, 0) is 53.4 Å². The summed E-state index contributed by atoms with van der Waals surface area (Å²) in [4.78, 5) is 32.0. The van der Waals surface area contributed by atoms with Crippen molar-refractivity contribution in [2.45, 2.75) is 25.8 Å². The molecule has 1 fully saturated rings. The van der Waals surface area contributed by atoms with Crippen molar-refractivity contribution in [2.75, 3.05) is 11.5 Å². The number of benzene rings is 2. The van der Waals surface area contributed by atoms with E-state index < -0.39 is 17.7 Å². The van der Waals surface area contributed by atoms with E-state index in [4.69, 9.17) is 4.74 Å². The van der Waals surface area contributed by atoms with Crippen molar-refractivity contribution >= 4 is 23.3 Å². The third-order valence-electron chi connectivity index (χ3n) is 5.76. The number of Topliss-reactive ketones (excluding diaryl/α,β-unsaturated/α-hetero) is 1. The smallest absolute Gasteiger partial charge is 0.301 e. The summed E-state index contributed by atoms with van der Waals surface area (Å²) in [6.45, 7) is 8.17. The molecule has 0 aliphatic carbocycles. The molecule has 1 atom stereocenters. The molecule has 0 unspecified atom stereocenters. The Hall–Kier alpha value is -4.19. The van der Waals surface area contributed by atoms with Crippen LogP contribution in [0.3, 0.4) is 0 Å². The van der Waals surface area contributed by atoms with E-state index in [9.17, 15) is 14.7 Å². The first-order valence-electron chi connectivity index (χ1n) is 11.1. The number of aromatic nitrogens is 1. The Morgan fingerprint density at radius 3 is 2.38 bits per heavy atom. The van der Waals surface area contributed by atoms with Crippen LogP contribution < -0.4 is 9.64 Å².